The van der Waals surface area contributed by atoms with E-state index in [4.69, 9.17) is 0 Å². The van der Waals surface area contributed by atoms with Crippen molar-refractivity contribution >= 4 is 51.8 Å². The number of aryl methyl sites for hydroxylation is 1. The molecule has 320 valence electrons. The number of carbonyl (C=O) groups is 5. The van der Waals surface area contributed by atoms with Crippen molar-refractivity contribution in [1.82, 2.24) is 35.8 Å². The highest BCUT2D eigenvalue weighted by molar-refractivity contribution is 6.09. The maximum atomic E-state index is 14.9. The molecule has 0 bridgehead atoms. The van der Waals surface area contributed by atoms with Crippen LogP contribution in [0.25, 0.3) is 33.2 Å². The fraction of sp³-hybridized carbons (Fsp3) is 0.271. The third-order valence-corrected chi connectivity index (χ3v) is 12.3. The summed E-state index contributed by atoms with van der Waals surface area (Å²) in [5.74, 6) is -1.66. The Morgan fingerprint density at radius 2 is 1.73 bits per heavy atom. The quantitative estimate of drug-likeness (QED) is 0.103. The van der Waals surface area contributed by atoms with Gasteiger partial charge in [0.1, 0.15) is 11.7 Å². The largest absolute Gasteiger partial charge is 0.360 e. The van der Waals surface area contributed by atoms with Crippen LogP contribution >= 0.6 is 0 Å². The zero-order valence-electron chi connectivity index (χ0n) is 34.9. The molecule has 0 spiro atoms. The molecule has 5 amide bonds. The number of alkyl halides is 2. The molecule has 9 rings (SSSR count). The lowest BCUT2D eigenvalue weighted by atomic mass is 9.91. The maximum absolute atomic E-state index is 14.9. The van der Waals surface area contributed by atoms with Gasteiger partial charge < -0.3 is 25.4 Å². The van der Waals surface area contributed by atoms with Gasteiger partial charge in [0.05, 0.1) is 5.56 Å². The number of aromatic nitrogens is 3. The SMILES string of the molecule is CNC(=O)c1c[nH]c2c(C(C)C)cc(N3CCCc4cc(-c5ccc(C(=O)NCc6cncc(-c7cccc8c7CN(C7CCC(=O)NC7=O)C8=O)c6)nc5)c(C(F)F)cc43)cc12. The number of amides is 5. The van der Waals surface area contributed by atoms with Crippen molar-refractivity contribution < 1.29 is 32.8 Å². The van der Waals surface area contributed by atoms with Gasteiger partial charge in [0.15, 0.2) is 0 Å². The van der Waals surface area contributed by atoms with Gasteiger partial charge in [0.25, 0.3) is 24.1 Å². The summed E-state index contributed by atoms with van der Waals surface area (Å²) in [5.41, 5.74) is 8.98. The summed E-state index contributed by atoms with van der Waals surface area (Å²) in [7, 11) is 1.59. The molecule has 3 aliphatic heterocycles. The van der Waals surface area contributed by atoms with Crippen LogP contribution in [0.15, 0.2) is 85.5 Å². The van der Waals surface area contributed by atoms with Gasteiger partial charge >= 0.3 is 0 Å². The molecule has 3 aromatic heterocycles. The number of nitrogens with one attached hydrogen (secondary N) is 4. The number of imide groups is 1. The second-order valence-corrected chi connectivity index (χ2v) is 16.4. The summed E-state index contributed by atoms with van der Waals surface area (Å²) in [6.07, 6.45) is 5.54. The predicted molar refractivity (Wildman–Crippen MR) is 233 cm³/mol. The van der Waals surface area contributed by atoms with E-state index in [1.54, 1.807) is 56.0 Å². The van der Waals surface area contributed by atoms with Crippen molar-refractivity contribution in [3.05, 3.63) is 130 Å². The Bertz CT molecular complexity index is 2860. The van der Waals surface area contributed by atoms with Crippen molar-refractivity contribution in [2.24, 2.45) is 0 Å². The Balaban J connectivity index is 0.924. The lowest BCUT2D eigenvalue weighted by Gasteiger charge is -2.33. The molecule has 1 atom stereocenters. The number of anilines is 2. The van der Waals surface area contributed by atoms with E-state index in [2.05, 4.69) is 55.7 Å². The lowest BCUT2D eigenvalue weighted by Crippen LogP contribution is -2.52. The summed E-state index contributed by atoms with van der Waals surface area (Å²) in [4.78, 5) is 79.4. The average Bonchev–Trinajstić information content (AvgIpc) is 3.87. The molecule has 6 heterocycles. The number of rotatable bonds is 10. The first kappa shape index (κ1) is 41.1. The first-order chi connectivity index (χ1) is 30.4. The molecular weight excluding hydrogens is 807 g/mol. The van der Waals surface area contributed by atoms with Crippen LogP contribution in [0, 0.1) is 0 Å². The fourth-order valence-electron chi connectivity index (χ4n) is 9.07. The smallest absolute Gasteiger partial charge is 0.270 e. The van der Waals surface area contributed by atoms with Gasteiger partial charge in [-0.05, 0) is 101 Å². The van der Waals surface area contributed by atoms with Crippen LogP contribution in [0.3, 0.4) is 0 Å². The molecule has 3 aliphatic rings. The Kier molecular flexibility index (Phi) is 10.8. The number of pyridine rings is 2. The van der Waals surface area contributed by atoms with E-state index in [1.807, 2.05) is 18.2 Å². The summed E-state index contributed by atoms with van der Waals surface area (Å²) in [5, 5.41) is 8.67. The normalized spacial score (nSPS) is 16.1. The highest BCUT2D eigenvalue weighted by atomic mass is 19.3. The van der Waals surface area contributed by atoms with Gasteiger partial charge in [0, 0.05) is 102 Å². The van der Waals surface area contributed by atoms with Gasteiger partial charge in [-0.3, -0.25) is 39.3 Å². The summed E-state index contributed by atoms with van der Waals surface area (Å²) < 4.78 is 29.9. The first-order valence-electron chi connectivity index (χ1n) is 20.9. The van der Waals surface area contributed by atoms with Gasteiger partial charge in [-0.25, -0.2) is 8.78 Å². The number of benzene rings is 3. The van der Waals surface area contributed by atoms with Crippen LogP contribution < -0.4 is 20.9 Å². The molecule has 1 unspecified atom stereocenters. The molecule has 0 saturated carbocycles. The summed E-state index contributed by atoms with van der Waals surface area (Å²) in [6, 6.07) is 17.0. The fourth-order valence-corrected chi connectivity index (χ4v) is 9.07. The Morgan fingerprint density at radius 3 is 2.48 bits per heavy atom. The van der Waals surface area contributed by atoms with Crippen LogP contribution in [0.2, 0.25) is 0 Å². The molecule has 6 aromatic rings. The molecule has 4 N–H and O–H groups in total. The zero-order valence-corrected chi connectivity index (χ0v) is 34.9. The molecule has 1 saturated heterocycles. The van der Waals surface area contributed by atoms with E-state index in [1.165, 1.54) is 17.2 Å². The number of piperidine rings is 1. The number of carbonyl (C=O) groups excluding carboxylic acids is 5. The second kappa shape index (κ2) is 16.5. The first-order valence-corrected chi connectivity index (χ1v) is 20.9. The van der Waals surface area contributed by atoms with Crippen LogP contribution in [0.5, 0.6) is 0 Å². The van der Waals surface area contributed by atoms with Gasteiger partial charge in [-0.1, -0.05) is 32.0 Å². The standard InChI is InChI=1S/C48H44F2N8O5/c1-25(2)33-16-30(17-35-37(45(60)51-3)23-54-43(33)35)57-13-5-6-27-15-34(36(44(49)50)18-41(27)57)28-9-10-39(53-22-28)46(61)55-20-26-14-29(21-52-19-26)31-7-4-8-32-38(31)24-58(48(32)63)40-11-12-42(59)56-47(40)62/h4,7-10,14-19,21-23,25,40,44,54H,5-6,11-13,20,24H2,1-3H3,(H,51,60)(H,55,61)(H,56,59,62). The van der Waals surface area contributed by atoms with Crippen molar-refractivity contribution in [1.29, 1.82) is 0 Å². The second-order valence-electron chi connectivity index (χ2n) is 16.4. The molecule has 63 heavy (non-hydrogen) atoms. The number of hydrogen-bond acceptors (Lipinski definition) is 8. The van der Waals surface area contributed by atoms with E-state index in [9.17, 15) is 32.8 Å². The monoisotopic (exact) mass is 850 g/mol. The third kappa shape index (κ3) is 7.57. The molecule has 0 radical (unpaired) electrons. The number of H-pyrrole nitrogens is 1. The molecule has 13 nitrogen and oxygen atoms in total. The third-order valence-electron chi connectivity index (χ3n) is 12.3. The number of halogens is 2. The van der Waals surface area contributed by atoms with Crippen molar-refractivity contribution in [3.8, 4) is 22.3 Å². The van der Waals surface area contributed by atoms with Gasteiger partial charge in [-0.2, -0.15) is 0 Å². The highest BCUT2D eigenvalue weighted by Gasteiger charge is 2.40. The summed E-state index contributed by atoms with van der Waals surface area (Å²) >= 11 is 0. The highest BCUT2D eigenvalue weighted by Crippen LogP contribution is 2.43. The minimum Gasteiger partial charge on any atom is -0.360 e. The Labute approximate surface area is 361 Å². The van der Waals surface area contributed by atoms with Crippen molar-refractivity contribution in [3.63, 3.8) is 0 Å². The van der Waals surface area contributed by atoms with Crippen LogP contribution in [-0.4, -0.2) is 69.0 Å². The van der Waals surface area contributed by atoms with Crippen LogP contribution in [-0.2, 0) is 29.1 Å². The average molecular weight is 851 g/mol. The van der Waals surface area contributed by atoms with Crippen molar-refractivity contribution in [2.45, 2.75) is 71.0 Å². The molecule has 1 fully saturated rings. The number of nitrogens with zero attached hydrogens (tertiary/aromatic N) is 4. The lowest BCUT2D eigenvalue weighted by molar-refractivity contribution is -0.136. The predicted octanol–water partition coefficient (Wildman–Crippen LogP) is 7.49. The van der Waals surface area contributed by atoms with E-state index >= 15 is 0 Å². The maximum Gasteiger partial charge on any atom is 0.270 e. The van der Waals surface area contributed by atoms with E-state index in [0.29, 0.717) is 46.5 Å². The van der Waals surface area contributed by atoms with Crippen molar-refractivity contribution in [2.75, 3.05) is 18.5 Å². The summed E-state index contributed by atoms with van der Waals surface area (Å²) in [6.45, 7) is 5.08. The molecule has 15 heteroatoms. The van der Waals surface area contributed by atoms with E-state index in [-0.39, 0.29) is 60.8 Å². The number of fused-ring (bicyclic) bond motifs is 3. The minimum absolute atomic E-state index is 0.107. The van der Waals surface area contributed by atoms with E-state index < -0.39 is 24.3 Å². The van der Waals surface area contributed by atoms with Crippen LogP contribution in [0.1, 0.15) is 104 Å². The molecular formula is C48H44F2N8O5. The Morgan fingerprint density at radius 1 is 0.905 bits per heavy atom. The number of aromatic amines is 1. The Hall–Kier alpha value is -7.29. The van der Waals surface area contributed by atoms with Gasteiger partial charge in [0.2, 0.25) is 11.8 Å². The topological polar surface area (TPSA) is 169 Å². The molecule has 3 aromatic carbocycles. The van der Waals surface area contributed by atoms with Gasteiger partial charge in [-0.15, -0.1) is 0 Å². The van der Waals surface area contributed by atoms with Crippen LogP contribution in [0.4, 0.5) is 20.2 Å². The zero-order chi connectivity index (χ0) is 44.1. The molecule has 0 aliphatic carbocycles. The van der Waals surface area contributed by atoms with E-state index in [0.717, 1.165) is 50.8 Å². The minimum atomic E-state index is -2.79. The number of hydrogen-bond donors (Lipinski definition) is 4.